The van der Waals surface area contributed by atoms with Crippen molar-refractivity contribution in [3.8, 4) is 11.5 Å². The highest BCUT2D eigenvalue weighted by Gasteiger charge is 2.27. The topological polar surface area (TPSA) is 115 Å². The maximum atomic E-state index is 13.5. The van der Waals surface area contributed by atoms with Gasteiger partial charge >= 0.3 is 5.97 Å². The summed E-state index contributed by atoms with van der Waals surface area (Å²) in [6.45, 7) is 6.13. The van der Waals surface area contributed by atoms with Gasteiger partial charge in [-0.1, -0.05) is 5.16 Å². The molecule has 1 aliphatic rings. The molecule has 1 aliphatic heterocycles. The zero-order valence-corrected chi connectivity index (χ0v) is 18.9. The van der Waals surface area contributed by atoms with E-state index >= 15 is 0 Å². The Morgan fingerprint density at radius 2 is 1.97 bits per heavy atom. The maximum absolute atomic E-state index is 13.5. The van der Waals surface area contributed by atoms with Crippen molar-refractivity contribution in [2.75, 3.05) is 37.7 Å². The van der Waals surface area contributed by atoms with E-state index < -0.39 is 5.97 Å². The number of fused-ring (bicyclic) bond motifs is 1. The second-order valence-electron chi connectivity index (χ2n) is 7.89. The van der Waals surface area contributed by atoms with Crippen LogP contribution in [0.2, 0.25) is 0 Å². The molecule has 174 valence electrons. The molecule has 0 aromatic carbocycles. The van der Waals surface area contributed by atoms with Gasteiger partial charge in [-0.3, -0.25) is 4.79 Å². The van der Waals surface area contributed by atoms with Crippen molar-refractivity contribution in [3.05, 3.63) is 59.6 Å². The van der Waals surface area contributed by atoms with E-state index in [4.69, 9.17) is 13.7 Å². The summed E-state index contributed by atoms with van der Waals surface area (Å²) in [6, 6.07) is 8.78. The summed E-state index contributed by atoms with van der Waals surface area (Å²) < 4.78 is 15.8. The van der Waals surface area contributed by atoms with Crippen LogP contribution in [-0.4, -0.2) is 64.7 Å². The molecule has 0 spiro atoms. The van der Waals surface area contributed by atoms with Gasteiger partial charge in [0, 0.05) is 32.4 Å². The van der Waals surface area contributed by atoms with Gasteiger partial charge in [-0.05, 0) is 44.2 Å². The van der Waals surface area contributed by atoms with Crippen LogP contribution in [0.25, 0.3) is 22.6 Å². The molecule has 4 aromatic rings. The second kappa shape index (κ2) is 8.97. The van der Waals surface area contributed by atoms with E-state index in [9.17, 15) is 9.59 Å². The van der Waals surface area contributed by atoms with Crippen LogP contribution >= 0.6 is 0 Å². The van der Waals surface area contributed by atoms with Gasteiger partial charge in [0.05, 0.1) is 35.1 Å². The third kappa shape index (κ3) is 3.98. The molecule has 0 bridgehead atoms. The van der Waals surface area contributed by atoms with Crippen LogP contribution in [-0.2, 0) is 4.74 Å². The number of aromatic nitrogens is 3. The Bertz CT molecular complexity index is 1320. The highest BCUT2D eigenvalue weighted by atomic mass is 16.5. The molecular weight excluding hydrogens is 438 g/mol. The normalized spacial score (nSPS) is 13.9. The monoisotopic (exact) mass is 461 g/mol. The standard InChI is InChI=1S/C24H23N5O5/c1-3-32-24(31)16-6-7-20(25-14-16)28-8-10-29(11-9-28)23(30)17-13-18(19-5-4-12-33-19)26-22-21(17)15(2)27-34-22/h4-7,12-14H,3,8-11H2,1-2H3. The molecule has 1 amide bonds. The average molecular weight is 461 g/mol. The number of carbonyl (C=O) groups is 2. The molecule has 34 heavy (non-hydrogen) atoms. The number of esters is 1. The van der Waals surface area contributed by atoms with Gasteiger partial charge in [-0.15, -0.1) is 0 Å². The number of piperazine rings is 1. The third-order valence-electron chi connectivity index (χ3n) is 5.77. The van der Waals surface area contributed by atoms with Crippen molar-refractivity contribution < 1.29 is 23.3 Å². The molecular formula is C24H23N5O5. The molecule has 0 saturated carbocycles. The molecule has 0 aliphatic carbocycles. The van der Waals surface area contributed by atoms with E-state index in [1.807, 2.05) is 0 Å². The van der Waals surface area contributed by atoms with Crippen molar-refractivity contribution >= 4 is 28.8 Å². The Labute approximate surface area is 195 Å². The minimum absolute atomic E-state index is 0.114. The number of rotatable bonds is 5. The van der Waals surface area contributed by atoms with Crippen molar-refractivity contribution in [2.45, 2.75) is 13.8 Å². The molecule has 10 heteroatoms. The SMILES string of the molecule is CCOC(=O)c1ccc(N2CCN(C(=O)c3cc(-c4ccco4)nc4onc(C)c34)CC2)nc1. The summed E-state index contributed by atoms with van der Waals surface area (Å²) in [6.07, 6.45) is 3.07. The predicted octanol–water partition coefficient (Wildman–Crippen LogP) is 3.33. The zero-order valence-electron chi connectivity index (χ0n) is 18.9. The van der Waals surface area contributed by atoms with Gasteiger partial charge in [0.15, 0.2) is 5.76 Å². The minimum Gasteiger partial charge on any atom is -0.463 e. The first-order chi connectivity index (χ1) is 16.5. The number of hydrogen-bond donors (Lipinski definition) is 0. The van der Waals surface area contributed by atoms with Gasteiger partial charge in [0.25, 0.3) is 11.6 Å². The van der Waals surface area contributed by atoms with E-state index in [2.05, 4.69) is 20.0 Å². The van der Waals surface area contributed by atoms with Gasteiger partial charge in [0.2, 0.25) is 0 Å². The smallest absolute Gasteiger partial charge is 0.339 e. The lowest BCUT2D eigenvalue weighted by atomic mass is 10.1. The number of pyridine rings is 2. The fourth-order valence-corrected chi connectivity index (χ4v) is 4.03. The molecule has 1 fully saturated rings. The number of aryl methyl sites for hydroxylation is 1. The second-order valence-corrected chi connectivity index (χ2v) is 7.89. The number of hydrogen-bond acceptors (Lipinski definition) is 9. The predicted molar refractivity (Wildman–Crippen MR) is 123 cm³/mol. The third-order valence-corrected chi connectivity index (χ3v) is 5.77. The summed E-state index contributed by atoms with van der Waals surface area (Å²) in [5, 5.41) is 4.61. The minimum atomic E-state index is -0.390. The first kappa shape index (κ1) is 21.6. The van der Waals surface area contributed by atoms with Crippen LogP contribution in [0.4, 0.5) is 5.82 Å². The Balaban J connectivity index is 1.33. The van der Waals surface area contributed by atoms with Crippen LogP contribution in [0.1, 0.15) is 33.3 Å². The van der Waals surface area contributed by atoms with Crippen LogP contribution in [0.3, 0.4) is 0 Å². The first-order valence-electron chi connectivity index (χ1n) is 11.0. The molecule has 1 saturated heterocycles. The molecule has 5 rings (SSSR count). The van der Waals surface area contributed by atoms with Crippen molar-refractivity contribution in [2.24, 2.45) is 0 Å². The van der Waals surface area contributed by atoms with E-state index in [-0.39, 0.29) is 5.91 Å². The summed E-state index contributed by atoms with van der Waals surface area (Å²) in [7, 11) is 0. The zero-order chi connectivity index (χ0) is 23.7. The quantitative estimate of drug-likeness (QED) is 0.413. The number of nitrogens with zero attached hydrogens (tertiary/aromatic N) is 5. The number of furan rings is 1. The summed E-state index contributed by atoms with van der Waals surface area (Å²) in [5.41, 5.74) is 2.33. The van der Waals surface area contributed by atoms with Gasteiger partial charge in [-0.2, -0.15) is 0 Å². The van der Waals surface area contributed by atoms with Crippen molar-refractivity contribution in [3.63, 3.8) is 0 Å². The van der Waals surface area contributed by atoms with Crippen LogP contribution < -0.4 is 4.90 Å². The number of amides is 1. The Hall–Kier alpha value is -4.21. The Kier molecular flexibility index (Phi) is 5.70. The van der Waals surface area contributed by atoms with Crippen LogP contribution in [0.5, 0.6) is 0 Å². The molecule has 0 unspecified atom stereocenters. The molecule has 0 radical (unpaired) electrons. The lowest BCUT2D eigenvalue weighted by Gasteiger charge is -2.35. The molecule has 4 aromatic heterocycles. The summed E-state index contributed by atoms with van der Waals surface area (Å²) in [5.74, 6) is 0.795. The molecule has 0 N–H and O–H groups in total. The molecule has 10 nitrogen and oxygen atoms in total. The fraction of sp³-hybridized carbons (Fsp3) is 0.292. The Morgan fingerprint density at radius 1 is 1.15 bits per heavy atom. The average Bonchev–Trinajstić information content (AvgIpc) is 3.54. The van der Waals surface area contributed by atoms with E-state index in [0.29, 0.717) is 72.2 Å². The van der Waals surface area contributed by atoms with Crippen LogP contribution in [0.15, 0.2) is 51.7 Å². The van der Waals surface area contributed by atoms with Gasteiger partial charge < -0.3 is 23.5 Å². The summed E-state index contributed by atoms with van der Waals surface area (Å²) >= 11 is 0. The lowest BCUT2D eigenvalue weighted by molar-refractivity contribution is 0.0525. The highest BCUT2D eigenvalue weighted by Crippen LogP contribution is 2.28. The van der Waals surface area contributed by atoms with E-state index in [1.165, 1.54) is 6.20 Å². The van der Waals surface area contributed by atoms with Crippen molar-refractivity contribution in [1.29, 1.82) is 0 Å². The molecule has 0 atom stereocenters. The van der Waals surface area contributed by atoms with E-state index in [1.54, 1.807) is 55.3 Å². The lowest BCUT2D eigenvalue weighted by Crippen LogP contribution is -2.49. The maximum Gasteiger partial charge on any atom is 0.339 e. The number of carbonyl (C=O) groups excluding carboxylic acids is 2. The fourth-order valence-electron chi connectivity index (χ4n) is 4.03. The Morgan fingerprint density at radius 3 is 2.65 bits per heavy atom. The van der Waals surface area contributed by atoms with Gasteiger partial charge in [-0.25, -0.2) is 14.8 Å². The highest BCUT2D eigenvalue weighted by molar-refractivity contribution is 6.07. The van der Waals surface area contributed by atoms with Crippen LogP contribution in [0, 0.1) is 6.92 Å². The number of ether oxygens (including phenoxy) is 1. The van der Waals surface area contributed by atoms with Crippen molar-refractivity contribution in [1.82, 2.24) is 20.0 Å². The summed E-state index contributed by atoms with van der Waals surface area (Å²) in [4.78, 5) is 38.1. The first-order valence-corrected chi connectivity index (χ1v) is 11.0. The molecule has 5 heterocycles. The van der Waals surface area contributed by atoms with E-state index in [0.717, 1.165) is 5.82 Å². The largest absolute Gasteiger partial charge is 0.463 e. The van der Waals surface area contributed by atoms with Gasteiger partial charge in [0.1, 0.15) is 11.5 Å². The number of anilines is 1.